The lowest BCUT2D eigenvalue weighted by Crippen LogP contribution is -2.20. The van der Waals surface area contributed by atoms with Crippen LogP contribution in [-0.4, -0.2) is 54.0 Å². The third-order valence-electron chi connectivity index (χ3n) is 5.16. The summed E-state index contributed by atoms with van der Waals surface area (Å²) < 4.78 is 17.6. The highest BCUT2D eigenvalue weighted by molar-refractivity contribution is 7.99. The molecule has 0 aliphatic heterocycles. The molecule has 0 atom stereocenters. The first kappa shape index (κ1) is 24.8. The van der Waals surface area contributed by atoms with Crippen molar-refractivity contribution in [3.05, 3.63) is 78.4 Å². The van der Waals surface area contributed by atoms with Crippen molar-refractivity contribution in [1.82, 2.24) is 20.2 Å². The number of hydrazone groups is 1. The molecular weight excluding hydrogens is 478 g/mol. The number of ether oxygens (including phenoxy) is 3. The lowest BCUT2D eigenvalue weighted by Gasteiger charge is -2.11. The summed E-state index contributed by atoms with van der Waals surface area (Å²) in [6.07, 6.45) is 1.57. The fourth-order valence-electron chi connectivity index (χ4n) is 3.29. The molecule has 1 N–H and O–H groups in total. The van der Waals surface area contributed by atoms with Crippen LogP contribution in [0, 0.1) is 0 Å². The van der Waals surface area contributed by atoms with Gasteiger partial charge in [0.05, 0.1) is 33.3 Å². The Morgan fingerprint density at radius 2 is 1.42 bits per heavy atom. The van der Waals surface area contributed by atoms with E-state index in [4.69, 9.17) is 14.2 Å². The zero-order valence-electron chi connectivity index (χ0n) is 20.0. The fourth-order valence-corrected chi connectivity index (χ4v) is 4.03. The van der Waals surface area contributed by atoms with Crippen molar-refractivity contribution in [2.24, 2.45) is 5.10 Å². The van der Waals surface area contributed by atoms with Crippen molar-refractivity contribution in [1.29, 1.82) is 0 Å². The zero-order chi connectivity index (χ0) is 25.3. The maximum atomic E-state index is 12.4. The number of amides is 1. The topological polar surface area (TPSA) is 99.9 Å². The Balaban J connectivity index is 1.50. The highest BCUT2D eigenvalue weighted by atomic mass is 32.2. The Labute approximate surface area is 213 Å². The van der Waals surface area contributed by atoms with E-state index in [1.165, 1.54) is 11.8 Å². The largest absolute Gasteiger partial charge is 0.497 e. The molecule has 0 unspecified atom stereocenters. The lowest BCUT2D eigenvalue weighted by molar-refractivity contribution is -0.118. The van der Waals surface area contributed by atoms with Crippen molar-refractivity contribution in [3.63, 3.8) is 0 Å². The molecule has 4 aromatic rings. The van der Waals surface area contributed by atoms with Gasteiger partial charge >= 0.3 is 0 Å². The number of thioether (sulfide) groups is 1. The number of benzene rings is 3. The van der Waals surface area contributed by atoms with Crippen molar-refractivity contribution < 1.29 is 19.0 Å². The molecule has 0 aliphatic rings. The summed E-state index contributed by atoms with van der Waals surface area (Å²) >= 11 is 1.27. The summed E-state index contributed by atoms with van der Waals surface area (Å²) in [7, 11) is 4.85. The van der Waals surface area contributed by atoms with Crippen LogP contribution in [0.2, 0.25) is 0 Å². The van der Waals surface area contributed by atoms with E-state index in [9.17, 15) is 4.79 Å². The first-order valence-corrected chi connectivity index (χ1v) is 11.9. The Morgan fingerprint density at radius 3 is 2.00 bits per heavy atom. The number of hydrogen-bond acceptors (Lipinski definition) is 8. The van der Waals surface area contributed by atoms with Gasteiger partial charge in [0.2, 0.25) is 0 Å². The number of nitrogens with zero attached hydrogens (tertiary/aromatic N) is 4. The van der Waals surface area contributed by atoms with Gasteiger partial charge in [-0.1, -0.05) is 11.8 Å². The molecule has 0 fully saturated rings. The predicted molar refractivity (Wildman–Crippen MR) is 139 cm³/mol. The zero-order valence-corrected chi connectivity index (χ0v) is 20.9. The van der Waals surface area contributed by atoms with Gasteiger partial charge in [0.15, 0.2) is 11.0 Å². The Hall–Kier alpha value is -4.31. The van der Waals surface area contributed by atoms with Crippen LogP contribution in [0.5, 0.6) is 17.2 Å². The molecule has 1 amide bonds. The van der Waals surface area contributed by atoms with Crippen LogP contribution in [0.1, 0.15) is 5.56 Å². The second-order valence-electron chi connectivity index (χ2n) is 7.42. The van der Waals surface area contributed by atoms with E-state index in [1.807, 2.05) is 77.4 Å². The quantitative estimate of drug-likeness (QED) is 0.197. The normalized spacial score (nSPS) is 10.9. The van der Waals surface area contributed by atoms with Crippen LogP contribution < -0.4 is 19.6 Å². The molecule has 0 saturated heterocycles. The van der Waals surface area contributed by atoms with Gasteiger partial charge in [-0.05, 0) is 78.4 Å². The van der Waals surface area contributed by atoms with Gasteiger partial charge in [-0.2, -0.15) is 5.10 Å². The molecule has 0 radical (unpaired) electrons. The number of hydrogen-bond donors (Lipinski definition) is 1. The smallest absolute Gasteiger partial charge is 0.250 e. The van der Waals surface area contributed by atoms with E-state index in [0.717, 1.165) is 34.1 Å². The van der Waals surface area contributed by atoms with E-state index >= 15 is 0 Å². The molecule has 0 saturated carbocycles. The van der Waals surface area contributed by atoms with Gasteiger partial charge in [-0.25, -0.2) is 5.43 Å². The van der Waals surface area contributed by atoms with E-state index in [2.05, 4.69) is 20.7 Å². The van der Waals surface area contributed by atoms with Gasteiger partial charge in [-0.3, -0.25) is 9.36 Å². The SMILES string of the molecule is COc1ccc(/C=N/NC(=O)CSc2nnc(-c3ccc(OC)cc3)n2-c2ccc(OC)cc2)cc1. The average molecular weight is 504 g/mol. The number of carbonyl (C=O) groups is 1. The third-order valence-corrected chi connectivity index (χ3v) is 6.09. The van der Waals surface area contributed by atoms with Crippen LogP contribution in [0.3, 0.4) is 0 Å². The van der Waals surface area contributed by atoms with E-state index < -0.39 is 0 Å². The highest BCUT2D eigenvalue weighted by Gasteiger charge is 2.17. The molecule has 184 valence electrons. The molecule has 1 heterocycles. The van der Waals surface area contributed by atoms with Crippen molar-refractivity contribution in [3.8, 4) is 34.3 Å². The molecule has 3 aromatic carbocycles. The van der Waals surface area contributed by atoms with Crippen molar-refractivity contribution in [2.45, 2.75) is 5.16 Å². The summed E-state index contributed by atoms with van der Waals surface area (Å²) in [6.45, 7) is 0. The van der Waals surface area contributed by atoms with Gasteiger partial charge in [0.25, 0.3) is 5.91 Å². The van der Waals surface area contributed by atoms with E-state index in [1.54, 1.807) is 27.5 Å². The second-order valence-corrected chi connectivity index (χ2v) is 8.37. The number of rotatable bonds is 10. The number of nitrogens with one attached hydrogen (secondary N) is 1. The van der Waals surface area contributed by atoms with Gasteiger partial charge in [0, 0.05) is 11.3 Å². The molecule has 1 aromatic heterocycles. The highest BCUT2D eigenvalue weighted by Crippen LogP contribution is 2.29. The maximum absolute atomic E-state index is 12.4. The molecule has 0 spiro atoms. The minimum absolute atomic E-state index is 0.108. The van der Waals surface area contributed by atoms with Crippen LogP contribution in [0.4, 0.5) is 0 Å². The number of aromatic nitrogens is 3. The van der Waals surface area contributed by atoms with Crippen molar-refractivity contribution in [2.75, 3.05) is 27.1 Å². The monoisotopic (exact) mass is 503 g/mol. The summed E-state index contributed by atoms with van der Waals surface area (Å²) in [4.78, 5) is 12.4. The van der Waals surface area contributed by atoms with Crippen LogP contribution in [0.25, 0.3) is 17.1 Å². The summed E-state index contributed by atoms with van der Waals surface area (Å²) in [5.74, 6) is 2.72. The number of carbonyl (C=O) groups excluding carboxylic acids is 1. The summed E-state index contributed by atoms with van der Waals surface area (Å²) in [5.41, 5.74) is 5.09. The summed E-state index contributed by atoms with van der Waals surface area (Å²) in [5, 5.41) is 13.4. The Kier molecular flexibility index (Phi) is 8.20. The Morgan fingerprint density at radius 1 is 0.861 bits per heavy atom. The van der Waals surface area contributed by atoms with Gasteiger partial charge in [0.1, 0.15) is 17.2 Å². The van der Waals surface area contributed by atoms with Crippen LogP contribution in [-0.2, 0) is 4.79 Å². The second kappa shape index (κ2) is 11.9. The molecule has 36 heavy (non-hydrogen) atoms. The minimum atomic E-state index is -0.264. The van der Waals surface area contributed by atoms with Crippen LogP contribution >= 0.6 is 11.8 Å². The van der Waals surface area contributed by atoms with E-state index in [-0.39, 0.29) is 11.7 Å². The molecule has 0 aliphatic carbocycles. The first-order chi connectivity index (χ1) is 17.6. The van der Waals surface area contributed by atoms with Crippen molar-refractivity contribution >= 4 is 23.9 Å². The van der Waals surface area contributed by atoms with Gasteiger partial charge in [-0.15, -0.1) is 10.2 Å². The summed E-state index contributed by atoms with van der Waals surface area (Å²) in [6, 6.07) is 22.5. The van der Waals surface area contributed by atoms with E-state index in [0.29, 0.717) is 11.0 Å². The first-order valence-electron chi connectivity index (χ1n) is 10.9. The van der Waals surface area contributed by atoms with Crippen LogP contribution in [0.15, 0.2) is 83.1 Å². The standard InChI is InChI=1S/C26H25N5O4S/c1-33-21-10-4-18(5-11-21)16-27-28-24(32)17-36-26-30-29-25(19-6-12-22(34-2)13-7-19)31(26)20-8-14-23(35-3)15-9-20/h4-16H,17H2,1-3H3,(H,28,32)/b27-16+. The Bertz CT molecular complexity index is 1320. The molecule has 10 heteroatoms. The lowest BCUT2D eigenvalue weighted by atomic mass is 10.2. The van der Waals surface area contributed by atoms with Gasteiger partial charge < -0.3 is 14.2 Å². The maximum Gasteiger partial charge on any atom is 0.250 e. The average Bonchev–Trinajstić information content (AvgIpc) is 3.36. The number of methoxy groups -OCH3 is 3. The third kappa shape index (κ3) is 6.02. The molecule has 0 bridgehead atoms. The molecule has 9 nitrogen and oxygen atoms in total. The fraction of sp³-hybridized carbons (Fsp3) is 0.154. The predicted octanol–water partition coefficient (Wildman–Crippen LogP) is 4.20. The molecular formula is C26H25N5O4S. The minimum Gasteiger partial charge on any atom is -0.497 e. The molecule has 4 rings (SSSR count).